The van der Waals surface area contributed by atoms with Gasteiger partial charge in [-0.2, -0.15) is 0 Å². The second-order valence-corrected chi connectivity index (χ2v) is 14.3. The maximum Gasteiger partial charge on any atom is 0.303 e. The molecule has 1 saturated heterocycles. The normalized spacial score (nSPS) is 40.9. The minimum absolute atomic E-state index is 0.251. The highest BCUT2D eigenvalue weighted by Crippen LogP contribution is 2.61. The van der Waals surface area contributed by atoms with Gasteiger partial charge in [-0.05, 0) is 60.2 Å². The molecule has 4 N–H and O–H groups in total. The molecule has 0 radical (unpaired) electrons. The molecular weight excluding hydrogens is 632 g/mol. The molecule has 2 bridgehead atoms. The lowest BCUT2D eigenvalue weighted by Gasteiger charge is -2.59. The van der Waals surface area contributed by atoms with Gasteiger partial charge in [-0.25, -0.2) is 0 Å². The molecular formula is C34H50O14. The number of carbonyl (C=O) groups is 4. The van der Waals surface area contributed by atoms with E-state index in [0.29, 0.717) is 29.6 Å². The predicted octanol–water partition coefficient (Wildman–Crippen LogP) is 1.25. The molecule has 2 saturated carbocycles. The number of hydrogen-bond donors (Lipinski definition) is 4. The molecule has 270 valence electrons. The third-order valence-electron chi connectivity index (χ3n) is 10.8. The second-order valence-electron chi connectivity index (χ2n) is 14.3. The zero-order valence-electron chi connectivity index (χ0n) is 28.8. The van der Waals surface area contributed by atoms with Crippen LogP contribution in [-0.2, 0) is 47.6 Å². The average molecular weight is 683 g/mol. The van der Waals surface area contributed by atoms with Gasteiger partial charge in [0.05, 0.1) is 6.61 Å². The molecule has 3 fully saturated rings. The molecule has 14 heteroatoms. The zero-order chi connectivity index (χ0) is 36.0. The predicted molar refractivity (Wildman–Crippen MR) is 165 cm³/mol. The number of rotatable bonds is 7. The molecule has 13 unspecified atom stereocenters. The van der Waals surface area contributed by atoms with E-state index in [4.69, 9.17) is 28.4 Å². The fraction of sp³-hybridized carbons (Fsp3) is 0.765. The highest BCUT2D eigenvalue weighted by molar-refractivity contribution is 5.69. The molecule has 0 aromatic heterocycles. The van der Waals surface area contributed by atoms with Gasteiger partial charge in [0.2, 0.25) is 0 Å². The second kappa shape index (κ2) is 14.2. The fourth-order valence-electron chi connectivity index (χ4n) is 8.56. The van der Waals surface area contributed by atoms with Crippen LogP contribution in [0.3, 0.4) is 0 Å². The van der Waals surface area contributed by atoms with Gasteiger partial charge in [0, 0.05) is 33.1 Å². The summed E-state index contributed by atoms with van der Waals surface area (Å²) in [6, 6.07) is 0. The molecule has 1 aliphatic heterocycles. The van der Waals surface area contributed by atoms with Gasteiger partial charge >= 0.3 is 23.9 Å². The molecule has 48 heavy (non-hydrogen) atoms. The molecule has 0 amide bonds. The number of carbonyl (C=O) groups excluding carboxylic acids is 4. The maximum absolute atomic E-state index is 12.8. The van der Waals surface area contributed by atoms with Crippen LogP contribution < -0.4 is 0 Å². The SMILES string of the molecule is C=C1C(OC(C)=O)CCC2(C)C1CC1C(OC3OC(CO)C(O)C(O)C3O)C(OC(C)=O)C(C)=C(C(OC(C)=O)C2OC(C)=O)C1(C)C. The summed E-state index contributed by atoms with van der Waals surface area (Å²) in [6.07, 6.45) is -12.0. The lowest BCUT2D eigenvalue weighted by molar-refractivity contribution is -0.325. The summed E-state index contributed by atoms with van der Waals surface area (Å²) in [4.78, 5) is 50.2. The first kappa shape index (κ1) is 37.9. The highest BCUT2D eigenvalue weighted by atomic mass is 16.7. The first-order valence-electron chi connectivity index (χ1n) is 16.3. The summed E-state index contributed by atoms with van der Waals surface area (Å²) in [5.74, 6) is -3.57. The van der Waals surface area contributed by atoms with Gasteiger partial charge in [0.15, 0.2) is 12.4 Å². The smallest absolute Gasteiger partial charge is 0.303 e. The summed E-state index contributed by atoms with van der Waals surface area (Å²) in [5, 5.41) is 41.7. The Kier molecular flexibility index (Phi) is 11.2. The Morgan fingerprint density at radius 1 is 0.854 bits per heavy atom. The van der Waals surface area contributed by atoms with Crippen LogP contribution in [0, 0.1) is 22.7 Å². The molecule has 3 aliphatic carbocycles. The number of esters is 4. The number of hydrogen-bond acceptors (Lipinski definition) is 14. The Morgan fingerprint density at radius 3 is 1.96 bits per heavy atom. The fourth-order valence-corrected chi connectivity index (χ4v) is 8.56. The molecule has 4 aliphatic rings. The summed E-state index contributed by atoms with van der Waals surface area (Å²) >= 11 is 0. The van der Waals surface area contributed by atoms with Crippen LogP contribution >= 0.6 is 0 Å². The lowest BCUT2D eigenvalue weighted by atomic mass is 9.50. The van der Waals surface area contributed by atoms with E-state index >= 15 is 0 Å². The van der Waals surface area contributed by atoms with Crippen LogP contribution in [0.5, 0.6) is 0 Å². The average Bonchev–Trinajstić information content (AvgIpc) is 2.97. The third kappa shape index (κ3) is 6.92. The molecule has 14 nitrogen and oxygen atoms in total. The summed E-state index contributed by atoms with van der Waals surface area (Å²) in [5.41, 5.74) is -0.297. The first-order chi connectivity index (χ1) is 22.3. The molecule has 0 spiro atoms. The summed E-state index contributed by atoms with van der Waals surface area (Å²) < 4.78 is 35.9. The van der Waals surface area contributed by atoms with Crippen molar-refractivity contribution < 1.29 is 68.0 Å². The monoisotopic (exact) mass is 682 g/mol. The van der Waals surface area contributed by atoms with Crippen molar-refractivity contribution in [2.75, 3.05) is 6.61 Å². The zero-order valence-corrected chi connectivity index (χ0v) is 28.8. The summed E-state index contributed by atoms with van der Waals surface area (Å²) in [6.45, 7) is 16.1. The minimum Gasteiger partial charge on any atom is -0.458 e. The minimum atomic E-state index is -1.74. The van der Waals surface area contributed by atoms with Gasteiger partial charge in [0.1, 0.15) is 48.8 Å². The Balaban J connectivity index is 1.98. The van der Waals surface area contributed by atoms with Crippen molar-refractivity contribution in [1.82, 2.24) is 0 Å². The van der Waals surface area contributed by atoms with Gasteiger partial charge in [-0.15, -0.1) is 0 Å². The van der Waals surface area contributed by atoms with E-state index in [-0.39, 0.29) is 6.42 Å². The van der Waals surface area contributed by atoms with E-state index in [1.165, 1.54) is 27.7 Å². The highest BCUT2D eigenvalue weighted by Gasteiger charge is 2.63. The van der Waals surface area contributed by atoms with Crippen LogP contribution in [0.15, 0.2) is 23.3 Å². The number of ether oxygens (including phenoxy) is 6. The van der Waals surface area contributed by atoms with E-state index in [2.05, 4.69) is 6.58 Å². The van der Waals surface area contributed by atoms with Crippen molar-refractivity contribution in [1.29, 1.82) is 0 Å². The molecule has 0 aromatic carbocycles. The van der Waals surface area contributed by atoms with Crippen molar-refractivity contribution in [3.05, 3.63) is 23.3 Å². The van der Waals surface area contributed by atoms with Crippen molar-refractivity contribution >= 4 is 23.9 Å². The lowest BCUT2D eigenvalue weighted by Crippen LogP contribution is -2.64. The van der Waals surface area contributed by atoms with E-state index in [0.717, 1.165) is 0 Å². The standard InChI is InChI=1S/C34H50O14/c1-14-20-12-21-29(48-32-27(42)26(41)25(40)23(13-35)47-32)28(44-17(4)37)15(2)24(33(21,7)8)30(45-18(5)38)31(46-19(6)39)34(20,9)11-10-22(14)43-16(3)36/h20-23,25-32,35,40-42H,1,10-13H2,2-9H3. The van der Waals surface area contributed by atoms with Crippen LogP contribution in [0.2, 0.25) is 0 Å². The number of aliphatic hydroxyl groups excluding tert-OH is 4. The van der Waals surface area contributed by atoms with Gasteiger partial charge in [-0.3, -0.25) is 19.2 Å². The molecule has 4 rings (SSSR count). The van der Waals surface area contributed by atoms with E-state index in [1.54, 1.807) is 6.92 Å². The van der Waals surface area contributed by atoms with Crippen molar-refractivity contribution in [3.63, 3.8) is 0 Å². The van der Waals surface area contributed by atoms with E-state index in [9.17, 15) is 39.6 Å². The number of fused-ring (bicyclic) bond motifs is 3. The molecule has 0 aromatic rings. The van der Waals surface area contributed by atoms with Crippen LogP contribution in [0.4, 0.5) is 0 Å². The maximum atomic E-state index is 12.8. The van der Waals surface area contributed by atoms with Crippen LogP contribution in [0.1, 0.15) is 74.7 Å². The van der Waals surface area contributed by atoms with Gasteiger partial charge < -0.3 is 48.8 Å². The molecule has 13 atom stereocenters. The van der Waals surface area contributed by atoms with Crippen LogP contribution in [-0.4, -0.2) is 112 Å². The number of aliphatic hydroxyl groups is 4. The molecule has 1 heterocycles. The Morgan fingerprint density at radius 2 is 1.42 bits per heavy atom. The summed E-state index contributed by atoms with van der Waals surface area (Å²) in [7, 11) is 0. The van der Waals surface area contributed by atoms with E-state index < -0.39 is 114 Å². The van der Waals surface area contributed by atoms with Crippen LogP contribution in [0.25, 0.3) is 0 Å². The van der Waals surface area contributed by atoms with Crippen molar-refractivity contribution in [3.8, 4) is 0 Å². The largest absolute Gasteiger partial charge is 0.458 e. The van der Waals surface area contributed by atoms with Gasteiger partial charge in [-0.1, -0.05) is 27.4 Å². The third-order valence-corrected chi connectivity index (χ3v) is 10.8. The quantitative estimate of drug-likeness (QED) is 0.170. The van der Waals surface area contributed by atoms with E-state index in [1.807, 2.05) is 20.8 Å². The Hall–Kier alpha value is -2.88. The Labute approximate surface area is 280 Å². The Bertz CT molecular complexity index is 1320. The van der Waals surface area contributed by atoms with Crippen molar-refractivity contribution in [2.45, 2.75) is 136 Å². The van der Waals surface area contributed by atoms with Gasteiger partial charge in [0.25, 0.3) is 0 Å². The topological polar surface area (TPSA) is 205 Å². The van der Waals surface area contributed by atoms with Crippen molar-refractivity contribution in [2.24, 2.45) is 22.7 Å². The first-order valence-corrected chi connectivity index (χ1v) is 16.3.